The Morgan fingerprint density at radius 3 is 1.77 bits per heavy atom. The Balaban J connectivity index is 1.30. The largest absolute Gasteiger partial charge is 0.378 e. The maximum absolute atomic E-state index is 9.83. The number of nitriles is 1. The molecule has 0 N–H and O–H groups in total. The predicted octanol–water partition coefficient (Wildman–Crippen LogP) is 9.57. The van der Waals surface area contributed by atoms with Gasteiger partial charge in [0.05, 0.1) is 5.56 Å². The fourth-order valence-electron chi connectivity index (χ4n) is 5.17. The van der Waals surface area contributed by atoms with E-state index in [0.717, 1.165) is 55.3 Å². The lowest BCUT2D eigenvalue weighted by atomic mass is 9.96. The first-order valence-electron chi connectivity index (χ1n) is 13.4. The van der Waals surface area contributed by atoms with Gasteiger partial charge in [-0.25, -0.2) is 0 Å². The van der Waals surface area contributed by atoms with Gasteiger partial charge in [0.15, 0.2) is 0 Å². The lowest BCUT2D eigenvalue weighted by Gasteiger charge is -2.26. The van der Waals surface area contributed by atoms with Crippen molar-refractivity contribution in [3.63, 3.8) is 0 Å². The number of hydrogen-bond donors (Lipinski definition) is 0. The molecule has 40 heavy (non-hydrogen) atoms. The summed E-state index contributed by atoms with van der Waals surface area (Å²) in [5, 5.41) is 14.0. The van der Waals surface area contributed by atoms with Gasteiger partial charge in [-0.05, 0) is 82.6 Å². The molecule has 192 valence electrons. The third-order valence-electron chi connectivity index (χ3n) is 7.26. The minimum absolute atomic E-state index is 0.735. The summed E-state index contributed by atoms with van der Waals surface area (Å²) < 4.78 is 0. The van der Waals surface area contributed by atoms with E-state index in [9.17, 15) is 5.26 Å². The fourth-order valence-corrected chi connectivity index (χ4v) is 5.17. The summed E-state index contributed by atoms with van der Waals surface area (Å²) in [7, 11) is 4.11. The van der Waals surface area contributed by atoms with Crippen molar-refractivity contribution in [2.24, 2.45) is 0 Å². The van der Waals surface area contributed by atoms with Crippen molar-refractivity contribution in [3.8, 4) is 6.07 Å². The van der Waals surface area contributed by atoms with E-state index in [4.69, 9.17) is 0 Å². The summed E-state index contributed by atoms with van der Waals surface area (Å²) in [4.78, 5) is 4.38. The molecule has 0 fully saturated rings. The van der Waals surface area contributed by atoms with E-state index in [1.165, 1.54) is 5.69 Å². The molecule has 0 spiro atoms. The van der Waals surface area contributed by atoms with Gasteiger partial charge >= 0.3 is 0 Å². The average Bonchev–Trinajstić information content (AvgIpc) is 3.00. The zero-order valence-corrected chi connectivity index (χ0v) is 22.6. The van der Waals surface area contributed by atoms with Crippen LogP contribution in [0.2, 0.25) is 0 Å². The Labute approximate surface area is 235 Å². The highest BCUT2D eigenvalue weighted by molar-refractivity contribution is 6.05. The number of rotatable bonds is 6. The van der Waals surface area contributed by atoms with Crippen LogP contribution >= 0.6 is 0 Å². The number of hydrogen-bond acceptors (Lipinski definition) is 3. The van der Waals surface area contributed by atoms with E-state index in [1.807, 2.05) is 24.3 Å². The average molecular weight is 516 g/mol. The van der Waals surface area contributed by atoms with E-state index >= 15 is 0 Å². The Morgan fingerprint density at radius 1 is 0.525 bits per heavy atom. The van der Waals surface area contributed by atoms with E-state index in [0.29, 0.717) is 0 Å². The van der Waals surface area contributed by atoms with Crippen molar-refractivity contribution < 1.29 is 0 Å². The van der Waals surface area contributed by atoms with Crippen LogP contribution in [0.25, 0.3) is 33.7 Å². The molecular formula is C37H29N3. The van der Waals surface area contributed by atoms with Gasteiger partial charge in [-0.1, -0.05) is 78.9 Å². The topological polar surface area (TPSA) is 30.3 Å². The van der Waals surface area contributed by atoms with E-state index in [-0.39, 0.29) is 0 Å². The number of fused-ring (bicyclic) bond motifs is 2. The van der Waals surface area contributed by atoms with Crippen molar-refractivity contribution in [1.29, 1.82) is 5.26 Å². The van der Waals surface area contributed by atoms with Gasteiger partial charge in [-0.2, -0.15) is 5.26 Å². The molecule has 3 nitrogen and oxygen atoms in total. The lowest BCUT2D eigenvalue weighted by molar-refractivity contribution is 1.13. The molecule has 0 heterocycles. The van der Waals surface area contributed by atoms with Crippen molar-refractivity contribution in [3.05, 3.63) is 144 Å². The first-order valence-corrected chi connectivity index (χ1v) is 13.4. The third-order valence-corrected chi connectivity index (χ3v) is 7.26. The normalized spacial score (nSPS) is 11.1. The van der Waals surface area contributed by atoms with Gasteiger partial charge in [0.2, 0.25) is 0 Å². The van der Waals surface area contributed by atoms with Crippen LogP contribution < -0.4 is 9.80 Å². The maximum Gasteiger partial charge on any atom is 0.100 e. The maximum atomic E-state index is 9.83. The Hall–Kier alpha value is -5.33. The number of benzene rings is 6. The Kier molecular flexibility index (Phi) is 6.75. The van der Waals surface area contributed by atoms with Crippen LogP contribution in [0.4, 0.5) is 22.7 Å². The molecule has 0 unspecified atom stereocenters. The summed E-state index contributed by atoms with van der Waals surface area (Å²) >= 11 is 0. The SMILES string of the molecule is CN(C)c1ccc(N(c2ccccc2)c2ccc(C=Cc3ccc4c(C#N)c5ccccc5cc4c3)cc2)cc1. The van der Waals surface area contributed by atoms with Crippen LogP contribution in [0.3, 0.4) is 0 Å². The van der Waals surface area contributed by atoms with Gasteiger partial charge in [-0.3, -0.25) is 0 Å². The van der Waals surface area contributed by atoms with Crippen LogP contribution in [0.5, 0.6) is 0 Å². The predicted molar refractivity (Wildman–Crippen MR) is 171 cm³/mol. The van der Waals surface area contributed by atoms with E-state index < -0.39 is 0 Å². The summed E-state index contributed by atoms with van der Waals surface area (Å²) in [6, 6.07) is 46.7. The van der Waals surface area contributed by atoms with Crippen LogP contribution in [0, 0.1) is 11.3 Å². The van der Waals surface area contributed by atoms with Crippen molar-refractivity contribution >= 4 is 56.4 Å². The zero-order chi connectivity index (χ0) is 27.5. The van der Waals surface area contributed by atoms with Crippen molar-refractivity contribution in [2.45, 2.75) is 0 Å². The highest BCUT2D eigenvalue weighted by atomic mass is 15.1. The summed E-state index contributed by atoms with van der Waals surface area (Å²) in [5.41, 5.74) is 7.45. The van der Waals surface area contributed by atoms with Gasteiger partial charge < -0.3 is 9.80 Å². The molecule has 0 bridgehead atoms. The first kappa shape index (κ1) is 25.0. The Morgan fingerprint density at radius 2 is 1.07 bits per heavy atom. The minimum atomic E-state index is 0.735. The van der Waals surface area contributed by atoms with Crippen LogP contribution in [0.15, 0.2) is 127 Å². The minimum Gasteiger partial charge on any atom is -0.378 e. The van der Waals surface area contributed by atoms with Crippen LogP contribution in [0.1, 0.15) is 16.7 Å². The molecule has 0 atom stereocenters. The van der Waals surface area contributed by atoms with E-state index in [1.54, 1.807) is 0 Å². The molecule has 0 aliphatic heterocycles. The highest BCUT2D eigenvalue weighted by Gasteiger charge is 2.12. The molecule has 0 aliphatic carbocycles. The second kappa shape index (κ2) is 10.8. The molecule has 0 amide bonds. The molecule has 6 aromatic carbocycles. The van der Waals surface area contributed by atoms with Crippen LogP contribution in [-0.4, -0.2) is 14.1 Å². The van der Waals surface area contributed by atoms with Gasteiger partial charge in [0, 0.05) is 47.6 Å². The highest BCUT2D eigenvalue weighted by Crippen LogP contribution is 2.35. The first-order chi connectivity index (χ1) is 19.6. The molecule has 6 aromatic rings. The number of anilines is 4. The zero-order valence-electron chi connectivity index (χ0n) is 22.6. The molecule has 0 radical (unpaired) electrons. The molecule has 0 saturated carbocycles. The fraction of sp³-hybridized carbons (Fsp3) is 0.0541. The van der Waals surface area contributed by atoms with Gasteiger partial charge in [0.1, 0.15) is 6.07 Å². The molecule has 6 rings (SSSR count). The van der Waals surface area contributed by atoms with Crippen LogP contribution in [-0.2, 0) is 0 Å². The van der Waals surface area contributed by atoms with Gasteiger partial charge in [-0.15, -0.1) is 0 Å². The molecule has 0 saturated heterocycles. The third kappa shape index (κ3) is 4.91. The summed E-state index contributed by atoms with van der Waals surface area (Å²) in [6.45, 7) is 0. The van der Waals surface area contributed by atoms with Crippen molar-refractivity contribution in [2.75, 3.05) is 23.9 Å². The summed E-state index contributed by atoms with van der Waals surface area (Å²) in [5.74, 6) is 0. The van der Waals surface area contributed by atoms with Crippen molar-refractivity contribution in [1.82, 2.24) is 0 Å². The monoisotopic (exact) mass is 515 g/mol. The molecule has 0 aromatic heterocycles. The summed E-state index contributed by atoms with van der Waals surface area (Å²) in [6.07, 6.45) is 4.26. The molecule has 3 heteroatoms. The second-order valence-electron chi connectivity index (χ2n) is 10.1. The molecular weight excluding hydrogens is 486 g/mol. The quantitative estimate of drug-likeness (QED) is 0.163. The second-order valence-corrected chi connectivity index (χ2v) is 10.1. The van der Waals surface area contributed by atoms with Gasteiger partial charge in [0.25, 0.3) is 0 Å². The molecule has 0 aliphatic rings. The van der Waals surface area contributed by atoms with E-state index in [2.05, 4.69) is 145 Å². The number of para-hydroxylation sites is 1. The Bertz CT molecular complexity index is 1860. The number of nitrogens with zero attached hydrogens (tertiary/aromatic N) is 3. The smallest absolute Gasteiger partial charge is 0.100 e. The standard InChI is InChI=1S/C37H29N3/c1-39(2)31-19-21-34(22-20-31)40(32-9-4-3-5-10-32)33-17-14-27(15-18-33)12-13-28-16-23-36-30(24-28)25-29-8-6-7-11-35(29)37(36)26-38/h3-25H,1-2H3. The lowest BCUT2D eigenvalue weighted by Crippen LogP contribution is -2.11.